The lowest BCUT2D eigenvalue weighted by Crippen LogP contribution is -2.38. The molecule has 0 aliphatic rings. The van der Waals surface area contributed by atoms with E-state index in [9.17, 15) is 26.3 Å². The van der Waals surface area contributed by atoms with Crippen LogP contribution in [0.2, 0.25) is 0 Å². The second kappa shape index (κ2) is 9.94. The molecule has 0 spiro atoms. The van der Waals surface area contributed by atoms with E-state index in [1.54, 1.807) is 6.92 Å². The van der Waals surface area contributed by atoms with Crippen molar-refractivity contribution in [2.24, 2.45) is 4.99 Å². The summed E-state index contributed by atoms with van der Waals surface area (Å²) in [6.45, 7) is 1.70. The summed E-state index contributed by atoms with van der Waals surface area (Å²) in [5, 5.41) is 5.22. The van der Waals surface area contributed by atoms with Gasteiger partial charge in [-0.15, -0.1) is 24.0 Å². The fourth-order valence-electron chi connectivity index (χ4n) is 1.68. The maximum atomic E-state index is 12.6. The minimum atomic E-state index is -4.45. The Morgan fingerprint density at radius 3 is 2.29 bits per heavy atom. The summed E-state index contributed by atoms with van der Waals surface area (Å²) in [7, 11) is 0. The van der Waals surface area contributed by atoms with Crippen LogP contribution in [0.15, 0.2) is 29.3 Å². The molecule has 10 heteroatoms. The number of benzene rings is 1. The molecule has 24 heavy (non-hydrogen) atoms. The normalized spacial score (nSPS) is 12.5. The molecule has 0 amide bonds. The molecule has 1 aromatic rings. The smallest absolute Gasteiger partial charge is 0.357 e. The van der Waals surface area contributed by atoms with Crippen LogP contribution in [0, 0.1) is 0 Å². The van der Waals surface area contributed by atoms with Crippen LogP contribution in [0.5, 0.6) is 0 Å². The third-order valence-electron chi connectivity index (χ3n) is 2.72. The second-order valence-corrected chi connectivity index (χ2v) is 4.69. The average molecular weight is 469 g/mol. The van der Waals surface area contributed by atoms with Crippen molar-refractivity contribution in [3.8, 4) is 0 Å². The van der Waals surface area contributed by atoms with Gasteiger partial charge in [0.25, 0.3) is 0 Å². The lowest BCUT2D eigenvalue weighted by atomic mass is 10.1. The van der Waals surface area contributed by atoms with Gasteiger partial charge < -0.3 is 10.6 Å². The van der Waals surface area contributed by atoms with Crippen molar-refractivity contribution < 1.29 is 26.3 Å². The molecule has 0 radical (unpaired) electrons. The third kappa shape index (κ3) is 9.18. The van der Waals surface area contributed by atoms with E-state index in [2.05, 4.69) is 15.6 Å². The molecular weight excluding hydrogens is 451 g/mol. The lowest BCUT2D eigenvalue weighted by Gasteiger charge is -2.13. The van der Waals surface area contributed by atoms with Crippen LogP contribution in [0.25, 0.3) is 0 Å². The molecule has 0 unspecified atom stereocenters. The number of guanidine groups is 1. The van der Waals surface area contributed by atoms with Crippen LogP contribution < -0.4 is 10.6 Å². The molecule has 0 atom stereocenters. The number of aliphatic imine (C=N–C) groups is 1. The van der Waals surface area contributed by atoms with Crippen molar-refractivity contribution in [1.82, 2.24) is 10.6 Å². The quantitative estimate of drug-likeness (QED) is 0.292. The first-order chi connectivity index (χ1) is 10.6. The minimum Gasteiger partial charge on any atom is -0.357 e. The summed E-state index contributed by atoms with van der Waals surface area (Å²) in [5.74, 6) is 0.120. The summed E-state index contributed by atoms with van der Waals surface area (Å²) in [6.07, 6.45) is -9.76. The first kappa shape index (κ1) is 22.8. The number of halogens is 7. The summed E-state index contributed by atoms with van der Waals surface area (Å²) in [4.78, 5) is 3.99. The van der Waals surface area contributed by atoms with Gasteiger partial charge in [-0.25, -0.2) is 4.99 Å². The number of nitrogens with one attached hydrogen (secondary N) is 2. The van der Waals surface area contributed by atoms with Gasteiger partial charge in [-0.1, -0.05) is 12.1 Å². The van der Waals surface area contributed by atoms with Gasteiger partial charge >= 0.3 is 12.4 Å². The molecule has 1 rings (SSSR count). The van der Waals surface area contributed by atoms with E-state index in [4.69, 9.17) is 0 Å². The zero-order valence-corrected chi connectivity index (χ0v) is 15.1. The van der Waals surface area contributed by atoms with Crippen LogP contribution >= 0.6 is 24.0 Å². The molecule has 2 N–H and O–H groups in total. The molecule has 0 fully saturated rings. The Kier molecular flexibility index (Phi) is 9.45. The molecule has 1 aromatic carbocycles. The van der Waals surface area contributed by atoms with E-state index in [1.807, 2.05) is 0 Å². The Balaban J connectivity index is 0.00000529. The highest BCUT2D eigenvalue weighted by atomic mass is 127. The molecule has 3 nitrogen and oxygen atoms in total. The Bertz CT molecular complexity index is 528. The van der Waals surface area contributed by atoms with E-state index in [0.29, 0.717) is 12.1 Å². The van der Waals surface area contributed by atoms with Crippen LogP contribution in [0.3, 0.4) is 0 Å². The van der Waals surface area contributed by atoms with E-state index >= 15 is 0 Å². The van der Waals surface area contributed by atoms with E-state index in [0.717, 1.165) is 12.1 Å². The largest absolute Gasteiger partial charge is 0.416 e. The molecular formula is C14H18F6IN3. The summed E-state index contributed by atoms with van der Waals surface area (Å²) in [6, 6.07) is 4.64. The van der Waals surface area contributed by atoms with Crippen LogP contribution in [-0.4, -0.2) is 25.2 Å². The molecule has 0 bridgehead atoms. The highest BCUT2D eigenvalue weighted by molar-refractivity contribution is 14.0. The standard InChI is InChI=1S/C14H17F6N3.HI/c1-2-21-12(22-7-6-13(15,16)17)23-9-10-4-3-5-11(8-10)14(18,19)20;/h3-5,8H,2,6-7,9H2,1H3,(H2,21,22,23);1H. The predicted octanol–water partition coefficient (Wildman–Crippen LogP) is 4.33. The van der Waals surface area contributed by atoms with Gasteiger partial charge in [0.2, 0.25) is 0 Å². The van der Waals surface area contributed by atoms with Crippen molar-refractivity contribution in [1.29, 1.82) is 0 Å². The molecule has 0 saturated heterocycles. The van der Waals surface area contributed by atoms with Gasteiger partial charge in [-0.05, 0) is 24.6 Å². The third-order valence-corrected chi connectivity index (χ3v) is 2.72. The fourth-order valence-corrected chi connectivity index (χ4v) is 1.68. The number of hydrogen-bond donors (Lipinski definition) is 2. The zero-order chi connectivity index (χ0) is 17.5. The monoisotopic (exact) mass is 469 g/mol. The zero-order valence-electron chi connectivity index (χ0n) is 12.8. The maximum absolute atomic E-state index is 12.6. The van der Waals surface area contributed by atoms with E-state index in [-0.39, 0.29) is 43.0 Å². The number of alkyl halides is 6. The van der Waals surface area contributed by atoms with Gasteiger partial charge in [0.15, 0.2) is 5.96 Å². The Morgan fingerprint density at radius 1 is 1.08 bits per heavy atom. The molecule has 0 aromatic heterocycles. The summed E-state index contributed by atoms with van der Waals surface area (Å²) in [5.41, 5.74) is -0.479. The van der Waals surface area contributed by atoms with Crippen LogP contribution in [0.4, 0.5) is 26.3 Å². The van der Waals surface area contributed by atoms with Gasteiger partial charge in [-0.2, -0.15) is 26.3 Å². The topological polar surface area (TPSA) is 36.4 Å². The van der Waals surface area contributed by atoms with Gasteiger partial charge in [0.1, 0.15) is 0 Å². The molecule has 0 heterocycles. The molecule has 0 aliphatic carbocycles. The Hall–Kier alpha value is -1.20. The summed E-state index contributed by atoms with van der Waals surface area (Å²) < 4.78 is 74.1. The van der Waals surface area contributed by atoms with Crippen molar-refractivity contribution in [3.05, 3.63) is 35.4 Å². The van der Waals surface area contributed by atoms with Crippen molar-refractivity contribution >= 4 is 29.9 Å². The van der Waals surface area contributed by atoms with Gasteiger partial charge in [-0.3, -0.25) is 0 Å². The van der Waals surface area contributed by atoms with Gasteiger partial charge in [0.05, 0.1) is 18.5 Å². The predicted molar refractivity (Wildman–Crippen MR) is 90.3 cm³/mol. The van der Waals surface area contributed by atoms with Crippen molar-refractivity contribution in [2.45, 2.75) is 32.2 Å². The van der Waals surface area contributed by atoms with Crippen molar-refractivity contribution in [2.75, 3.05) is 13.1 Å². The highest BCUT2D eigenvalue weighted by Crippen LogP contribution is 2.29. The first-order valence-electron chi connectivity index (χ1n) is 6.87. The Morgan fingerprint density at radius 2 is 1.75 bits per heavy atom. The second-order valence-electron chi connectivity index (χ2n) is 4.69. The van der Waals surface area contributed by atoms with Crippen LogP contribution in [0.1, 0.15) is 24.5 Å². The average Bonchev–Trinajstić information content (AvgIpc) is 2.43. The van der Waals surface area contributed by atoms with Gasteiger partial charge in [0, 0.05) is 13.1 Å². The minimum absolute atomic E-state index is 0. The molecule has 0 saturated carbocycles. The fraction of sp³-hybridized carbons (Fsp3) is 0.500. The SMILES string of the molecule is CCNC(=NCc1cccc(C(F)(F)F)c1)NCCC(F)(F)F.I. The Labute approximate surface area is 152 Å². The first-order valence-corrected chi connectivity index (χ1v) is 6.87. The summed E-state index contributed by atoms with van der Waals surface area (Å²) >= 11 is 0. The van der Waals surface area contributed by atoms with Crippen LogP contribution in [-0.2, 0) is 12.7 Å². The number of rotatable bonds is 5. The number of hydrogen-bond acceptors (Lipinski definition) is 1. The maximum Gasteiger partial charge on any atom is 0.416 e. The molecule has 138 valence electrons. The number of nitrogens with zero attached hydrogens (tertiary/aromatic N) is 1. The van der Waals surface area contributed by atoms with E-state index in [1.165, 1.54) is 12.1 Å². The lowest BCUT2D eigenvalue weighted by molar-refractivity contribution is -0.137. The van der Waals surface area contributed by atoms with E-state index < -0.39 is 24.3 Å². The van der Waals surface area contributed by atoms with Crippen molar-refractivity contribution in [3.63, 3.8) is 0 Å². The molecule has 0 aliphatic heterocycles. The highest BCUT2D eigenvalue weighted by Gasteiger charge is 2.30.